The Labute approximate surface area is 138 Å². The van der Waals surface area contributed by atoms with Crippen LogP contribution in [0.5, 0.6) is 5.75 Å². The molecule has 2 aromatic carbocycles. The van der Waals surface area contributed by atoms with E-state index in [1.807, 2.05) is 6.92 Å². The van der Waals surface area contributed by atoms with E-state index in [9.17, 15) is 19.5 Å². The molecular weight excluding hydrogens is 308 g/mol. The topological polar surface area (TPSA) is 86.7 Å². The zero-order valence-electron chi connectivity index (χ0n) is 12.8. The fraction of sp³-hybridized carbons (Fsp3) is 0.0556. The Hall–Kier alpha value is -3.41. The van der Waals surface area contributed by atoms with Crippen LogP contribution in [0.25, 0.3) is 6.08 Å². The summed E-state index contributed by atoms with van der Waals surface area (Å²) in [6.07, 6.45) is 1.26. The number of aryl methyl sites for hydroxylation is 1. The molecule has 24 heavy (non-hydrogen) atoms. The summed E-state index contributed by atoms with van der Waals surface area (Å²) in [6, 6.07) is 12.3. The SMILES string of the molecule is Cc1ccc(N2C(=O)NC(=O)C(=Cc3ccccc3O)C2=O)cc1. The van der Waals surface area contributed by atoms with E-state index >= 15 is 0 Å². The van der Waals surface area contributed by atoms with Crippen LogP contribution in [-0.4, -0.2) is 23.0 Å². The number of nitrogens with one attached hydrogen (secondary N) is 1. The number of barbiturate groups is 1. The summed E-state index contributed by atoms with van der Waals surface area (Å²) in [6.45, 7) is 1.88. The third kappa shape index (κ3) is 2.77. The normalized spacial score (nSPS) is 16.5. The van der Waals surface area contributed by atoms with E-state index in [2.05, 4.69) is 5.32 Å². The second-order valence-electron chi connectivity index (χ2n) is 5.35. The standard InChI is InChI=1S/C18H14N2O4/c1-11-6-8-13(9-7-11)20-17(23)14(16(22)19-18(20)24)10-12-4-2-3-5-15(12)21/h2-10,21H,1H3,(H,19,22,24). The number of phenolic OH excluding ortho intramolecular Hbond substituents is 1. The van der Waals surface area contributed by atoms with Crippen molar-refractivity contribution in [1.82, 2.24) is 5.32 Å². The van der Waals surface area contributed by atoms with Gasteiger partial charge in [-0.3, -0.25) is 14.9 Å². The van der Waals surface area contributed by atoms with Crippen molar-refractivity contribution in [2.45, 2.75) is 6.92 Å². The summed E-state index contributed by atoms with van der Waals surface area (Å²) in [5.41, 5.74) is 1.43. The van der Waals surface area contributed by atoms with Crippen molar-refractivity contribution >= 4 is 29.6 Å². The lowest BCUT2D eigenvalue weighted by Crippen LogP contribution is -2.54. The van der Waals surface area contributed by atoms with Gasteiger partial charge in [0, 0.05) is 5.56 Å². The van der Waals surface area contributed by atoms with E-state index in [0.29, 0.717) is 11.3 Å². The Morgan fingerprint density at radius 2 is 1.67 bits per heavy atom. The third-order valence-electron chi connectivity index (χ3n) is 3.63. The molecular formula is C18H14N2O4. The number of nitrogens with zero attached hydrogens (tertiary/aromatic N) is 1. The maximum atomic E-state index is 12.6. The van der Waals surface area contributed by atoms with Crippen LogP contribution in [0.1, 0.15) is 11.1 Å². The van der Waals surface area contributed by atoms with Gasteiger partial charge in [0.25, 0.3) is 11.8 Å². The van der Waals surface area contributed by atoms with E-state index in [1.54, 1.807) is 42.5 Å². The number of amides is 4. The molecule has 0 atom stereocenters. The van der Waals surface area contributed by atoms with Crippen LogP contribution < -0.4 is 10.2 Å². The number of phenols is 1. The lowest BCUT2D eigenvalue weighted by atomic mass is 10.1. The molecule has 1 aliphatic rings. The van der Waals surface area contributed by atoms with Crippen LogP contribution >= 0.6 is 0 Å². The molecule has 0 radical (unpaired) electrons. The van der Waals surface area contributed by atoms with Gasteiger partial charge >= 0.3 is 6.03 Å². The highest BCUT2D eigenvalue weighted by molar-refractivity contribution is 6.39. The molecule has 0 unspecified atom stereocenters. The predicted molar refractivity (Wildman–Crippen MR) is 88.3 cm³/mol. The summed E-state index contributed by atoms with van der Waals surface area (Å²) in [5, 5.41) is 12.0. The summed E-state index contributed by atoms with van der Waals surface area (Å²) < 4.78 is 0. The van der Waals surface area contributed by atoms with Gasteiger partial charge in [0.2, 0.25) is 0 Å². The van der Waals surface area contributed by atoms with E-state index in [-0.39, 0.29) is 11.3 Å². The first kappa shape index (κ1) is 15.5. The summed E-state index contributed by atoms with van der Waals surface area (Å²) >= 11 is 0. The van der Waals surface area contributed by atoms with Crippen molar-refractivity contribution in [1.29, 1.82) is 0 Å². The van der Waals surface area contributed by atoms with Crippen LogP contribution in [0.2, 0.25) is 0 Å². The highest BCUT2D eigenvalue weighted by Crippen LogP contribution is 2.24. The van der Waals surface area contributed by atoms with Crippen LogP contribution in [0.4, 0.5) is 10.5 Å². The first-order valence-electron chi connectivity index (χ1n) is 7.23. The Balaban J connectivity index is 2.03. The molecule has 1 saturated heterocycles. The maximum Gasteiger partial charge on any atom is 0.335 e. The highest BCUT2D eigenvalue weighted by Gasteiger charge is 2.36. The monoisotopic (exact) mass is 322 g/mol. The number of para-hydroxylation sites is 1. The van der Waals surface area contributed by atoms with Gasteiger partial charge in [-0.2, -0.15) is 0 Å². The van der Waals surface area contributed by atoms with E-state index in [1.165, 1.54) is 12.1 Å². The molecule has 3 rings (SSSR count). The van der Waals surface area contributed by atoms with Gasteiger partial charge < -0.3 is 5.11 Å². The molecule has 6 heteroatoms. The van der Waals surface area contributed by atoms with Crippen LogP contribution in [0.3, 0.4) is 0 Å². The fourth-order valence-corrected chi connectivity index (χ4v) is 2.35. The molecule has 2 N–H and O–H groups in total. The number of urea groups is 1. The number of anilines is 1. The fourth-order valence-electron chi connectivity index (χ4n) is 2.35. The molecule has 2 aromatic rings. The lowest BCUT2D eigenvalue weighted by Gasteiger charge is -2.26. The van der Waals surface area contributed by atoms with Gasteiger partial charge in [-0.05, 0) is 31.2 Å². The van der Waals surface area contributed by atoms with Gasteiger partial charge in [-0.25, -0.2) is 9.69 Å². The van der Waals surface area contributed by atoms with Crippen molar-refractivity contribution in [2.75, 3.05) is 4.90 Å². The number of carbonyl (C=O) groups excluding carboxylic acids is 3. The zero-order valence-corrected chi connectivity index (χ0v) is 12.8. The molecule has 6 nitrogen and oxygen atoms in total. The Morgan fingerprint density at radius 3 is 2.33 bits per heavy atom. The molecule has 1 heterocycles. The summed E-state index contributed by atoms with van der Waals surface area (Å²) in [5.74, 6) is -1.60. The molecule has 0 aromatic heterocycles. The number of imide groups is 2. The average Bonchev–Trinajstić information content (AvgIpc) is 2.54. The second kappa shape index (κ2) is 6.00. The Bertz CT molecular complexity index is 869. The molecule has 0 aliphatic carbocycles. The van der Waals surface area contributed by atoms with Gasteiger partial charge in [0.1, 0.15) is 11.3 Å². The lowest BCUT2D eigenvalue weighted by molar-refractivity contribution is -0.122. The average molecular weight is 322 g/mol. The van der Waals surface area contributed by atoms with E-state index in [4.69, 9.17) is 0 Å². The van der Waals surface area contributed by atoms with Crippen molar-refractivity contribution in [3.8, 4) is 5.75 Å². The number of carbonyl (C=O) groups is 3. The van der Waals surface area contributed by atoms with Gasteiger partial charge in [-0.1, -0.05) is 35.9 Å². The minimum atomic E-state index is -0.803. The van der Waals surface area contributed by atoms with Crippen LogP contribution in [-0.2, 0) is 9.59 Å². The molecule has 1 aliphatic heterocycles. The van der Waals surface area contributed by atoms with Gasteiger partial charge in [0.05, 0.1) is 5.69 Å². The molecule has 1 fully saturated rings. The molecule has 4 amide bonds. The zero-order chi connectivity index (χ0) is 17.3. The van der Waals surface area contributed by atoms with E-state index < -0.39 is 17.8 Å². The molecule has 0 saturated carbocycles. The number of rotatable bonds is 2. The van der Waals surface area contributed by atoms with Crippen LogP contribution in [0.15, 0.2) is 54.1 Å². The second-order valence-corrected chi connectivity index (χ2v) is 5.35. The number of hydrogen-bond acceptors (Lipinski definition) is 4. The smallest absolute Gasteiger partial charge is 0.335 e. The number of hydrogen-bond donors (Lipinski definition) is 2. The molecule has 0 bridgehead atoms. The van der Waals surface area contributed by atoms with Gasteiger partial charge in [-0.15, -0.1) is 0 Å². The number of aromatic hydroxyl groups is 1. The Kier molecular flexibility index (Phi) is 3.87. The van der Waals surface area contributed by atoms with Crippen molar-refractivity contribution in [2.24, 2.45) is 0 Å². The molecule has 0 spiro atoms. The summed E-state index contributed by atoms with van der Waals surface area (Å²) in [4.78, 5) is 37.6. The summed E-state index contributed by atoms with van der Waals surface area (Å²) in [7, 11) is 0. The quantitative estimate of drug-likeness (QED) is 0.656. The first-order chi connectivity index (χ1) is 11.5. The van der Waals surface area contributed by atoms with Crippen molar-refractivity contribution in [3.63, 3.8) is 0 Å². The highest BCUT2D eigenvalue weighted by atomic mass is 16.3. The minimum Gasteiger partial charge on any atom is -0.507 e. The maximum absolute atomic E-state index is 12.6. The Morgan fingerprint density at radius 1 is 1.00 bits per heavy atom. The van der Waals surface area contributed by atoms with Crippen LogP contribution in [0, 0.1) is 6.92 Å². The van der Waals surface area contributed by atoms with Crippen molar-refractivity contribution < 1.29 is 19.5 Å². The minimum absolute atomic E-state index is 0.0654. The van der Waals surface area contributed by atoms with Crippen molar-refractivity contribution in [3.05, 3.63) is 65.2 Å². The molecule has 120 valence electrons. The number of benzene rings is 2. The third-order valence-corrected chi connectivity index (χ3v) is 3.63. The predicted octanol–water partition coefficient (Wildman–Crippen LogP) is 2.37. The first-order valence-corrected chi connectivity index (χ1v) is 7.23. The van der Waals surface area contributed by atoms with E-state index in [0.717, 1.165) is 10.5 Å². The largest absolute Gasteiger partial charge is 0.507 e. The van der Waals surface area contributed by atoms with Gasteiger partial charge in [0.15, 0.2) is 0 Å².